The number of pyridine rings is 1. The second-order valence-corrected chi connectivity index (χ2v) is 8.60. The fourth-order valence-corrected chi connectivity index (χ4v) is 4.81. The molecule has 1 aromatic carbocycles. The minimum Gasteiger partial charge on any atom is -0.256 e. The predicted octanol–water partition coefficient (Wildman–Crippen LogP) is 6.87. The van der Waals surface area contributed by atoms with E-state index in [1.807, 2.05) is 35.9 Å². The molecule has 7 heteroatoms. The quantitative estimate of drug-likeness (QED) is 0.417. The van der Waals surface area contributed by atoms with Crippen LogP contribution in [0.4, 0.5) is 0 Å². The lowest BCUT2D eigenvalue weighted by atomic mass is 10.1. The van der Waals surface area contributed by atoms with Crippen molar-refractivity contribution in [3.63, 3.8) is 0 Å². The number of benzene rings is 1. The van der Waals surface area contributed by atoms with Crippen LogP contribution in [0.3, 0.4) is 0 Å². The van der Waals surface area contributed by atoms with E-state index in [0.29, 0.717) is 15.2 Å². The molecule has 0 radical (unpaired) electrons. The van der Waals surface area contributed by atoms with Crippen molar-refractivity contribution in [1.82, 2.24) is 14.8 Å². The standard InChI is InChI=1S/C19H18Cl3N3S/c1-11(2)25-19(26-16-9-14(20)8-15(21)10-16)17(12(3)24-25)6-13-4-5-23-18(22)7-13/h4-5,7-11H,6H2,1-3H3. The molecule has 2 aromatic heterocycles. The smallest absolute Gasteiger partial charge is 0.129 e. The molecule has 26 heavy (non-hydrogen) atoms. The van der Waals surface area contributed by atoms with Gasteiger partial charge in [-0.25, -0.2) is 4.98 Å². The van der Waals surface area contributed by atoms with Crippen molar-refractivity contribution in [2.45, 2.75) is 43.2 Å². The van der Waals surface area contributed by atoms with Gasteiger partial charge in [0.2, 0.25) is 0 Å². The lowest BCUT2D eigenvalue weighted by Gasteiger charge is -2.13. The summed E-state index contributed by atoms with van der Waals surface area (Å²) < 4.78 is 2.05. The van der Waals surface area contributed by atoms with Gasteiger partial charge in [0.05, 0.1) is 5.69 Å². The fraction of sp³-hybridized carbons (Fsp3) is 0.263. The lowest BCUT2D eigenvalue weighted by Crippen LogP contribution is -2.05. The van der Waals surface area contributed by atoms with Crippen molar-refractivity contribution in [2.75, 3.05) is 0 Å². The number of halogens is 3. The first-order valence-corrected chi connectivity index (χ1v) is 10.1. The van der Waals surface area contributed by atoms with Gasteiger partial charge in [-0.2, -0.15) is 5.10 Å². The topological polar surface area (TPSA) is 30.7 Å². The highest BCUT2D eigenvalue weighted by atomic mass is 35.5. The summed E-state index contributed by atoms with van der Waals surface area (Å²) in [5.41, 5.74) is 3.27. The molecule has 0 N–H and O–H groups in total. The van der Waals surface area contributed by atoms with E-state index in [0.717, 1.165) is 27.6 Å². The van der Waals surface area contributed by atoms with E-state index in [-0.39, 0.29) is 6.04 Å². The van der Waals surface area contributed by atoms with Crippen LogP contribution in [0.15, 0.2) is 46.5 Å². The first-order chi connectivity index (χ1) is 12.3. The van der Waals surface area contributed by atoms with Gasteiger partial charge in [0.1, 0.15) is 10.2 Å². The molecule has 3 aromatic rings. The zero-order valence-electron chi connectivity index (χ0n) is 14.6. The van der Waals surface area contributed by atoms with Crippen molar-refractivity contribution in [1.29, 1.82) is 0 Å². The molecular formula is C19H18Cl3N3S. The van der Waals surface area contributed by atoms with Crippen LogP contribution in [-0.4, -0.2) is 14.8 Å². The van der Waals surface area contributed by atoms with Crippen LogP contribution in [0.2, 0.25) is 15.2 Å². The molecule has 0 saturated carbocycles. The average Bonchev–Trinajstić information content (AvgIpc) is 2.83. The largest absolute Gasteiger partial charge is 0.256 e. The minimum atomic E-state index is 0.237. The lowest BCUT2D eigenvalue weighted by molar-refractivity contribution is 0.489. The molecular weight excluding hydrogens is 409 g/mol. The number of hydrogen-bond acceptors (Lipinski definition) is 3. The van der Waals surface area contributed by atoms with E-state index in [2.05, 4.69) is 18.8 Å². The van der Waals surface area contributed by atoms with E-state index < -0.39 is 0 Å². The number of aryl methyl sites for hydroxylation is 1. The Kier molecular flexibility index (Phi) is 6.18. The molecule has 136 valence electrons. The van der Waals surface area contributed by atoms with E-state index in [4.69, 9.17) is 39.9 Å². The summed E-state index contributed by atoms with van der Waals surface area (Å²) in [7, 11) is 0. The molecule has 3 rings (SSSR count). The van der Waals surface area contributed by atoms with E-state index in [9.17, 15) is 0 Å². The molecule has 3 nitrogen and oxygen atoms in total. The van der Waals surface area contributed by atoms with Gasteiger partial charge in [0.15, 0.2) is 0 Å². The molecule has 2 heterocycles. The second-order valence-electron chi connectivity index (χ2n) is 6.28. The highest BCUT2D eigenvalue weighted by Crippen LogP contribution is 2.37. The summed E-state index contributed by atoms with van der Waals surface area (Å²) in [6.45, 7) is 6.27. The van der Waals surface area contributed by atoms with Gasteiger partial charge < -0.3 is 0 Å². The van der Waals surface area contributed by atoms with E-state index in [1.54, 1.807) is 24.0 Å². The van der Waals surface area contributed by atoms with Crippen molar-refractivity contribution in [2.24, 2.45) is 0 Å². The predicted molar refractivity (Wildman–Crippen MR) is 110 cm³/mol. The van der Waals surface area contributed by atoms with Crippen LogP contribution in [-0.2, 0) is 6.42 Å². The molecule has 0 aliphatic heterocycles. The molecule has 0 spiro atoms. The van der Waals surface area contributed by atoms with Crippen LogP contribution in [0.1, 0.15) is 36.7 Å². The molecule has 0 unspecified atom stereocenters. The fourth-order valence-electron chi connectivity index (χ4n) is 2.68. The summed E-state index contributed by atoms with van der Waals surface area (Å²) in [6.07, 6.45) is 2.46. The Balaban J connectivity index is 2.04. The Labute approximate surface area is 172 Å². The zero-order chi connectivity index (χ0) is 18.8. The van der Waals surface area contributed by atoms with Gasteiger partial charge in [0, 0.05) is 39.2 Å². The summed E-state index contributed by atoms with van der Waals surface area (Å²) in [5, 5.41) is 7.57. The maximum atomic E-state index is 6.17. The average molecular weight is 427 g/mol. The second kappa shape index (κ2) is 8.22. The van der Waals surface area contributed by atoms with Gasteiger partial charge >= 0.3 is 0 Å². The van der Waals surface area contributed by atoms with Crippen molar-refractivity contribution in [3.8, 4) is 0 Å². The van der Waals surface area contributed by atoms with Crippen molar-refractivity contribution in [3.05, 3.63) is 68.5 Å². The summed E-state index contributed by atoms with van der Waals surface area (Å²) >= 11 is 20.0. The monoisotopic (exact) mass is 425 g/mol. The Bertz CT molecular complexity index is 918. The van der Waals surface area contributed by atoms with Crippen LogP contribution in [0.25, 0.3) is 0 Å². The van der Waals surface area contributed by atoms with Crippen LogP contribution >= 0.6 is 46.6 Å². The summed E-state index contributed by atoms with van der Waals surface area (Å²) in [4.78, 5) is 5.04. The first-order valence-electron chi connectivity index (χ1n) is 8.16. The van der Waals surface area contributed by atoms with Gasteiger partial charge in [-0.05, 0) is 56.7 Å². The molecule has 0 amide bonds. The third kappa shape index (κ3) is 4.55. The summed E-state index contributed by atoms with van der Waals surface area (Å²) in [6, 6.07) is 9.66. The van der Waals surface area contributed by atoms with Crippen LogP contribution < -0.4 is 0 Å². The molecule has 0 aliphatic rings. The minimum absolute atomic E-state index is 0.237. The van der Waals surface area contributed by atoms with E-state index >= 15 is 0 Å². The zero-order valence-corrected chi connectivity index (χ0v) is 17.7. The molecule has 0 atom stereocenters. The van der Waals surface area contributed by atoms with Crippen LogP contribution in [0, 0.1) is 6.92 Å². The van der Waals surface area contributed by atoms with Gasteiger partial charge in [0.25, 0.3) is 0 Å². The number of aromatic nitrogens is 3. The first kappa shape index (κ1) is 19.6. The SMILES string of the molecule is Cc1nn(C(C)C)c(Sc2cc(Cl)cc(Cl)c2)c1Cc1ccnc(Cl)c1. The van der Waals surface area contributed by atoms with Crippen LogP contribution in [0.5, 0.6) is 0 Å². The molecule has 0 fully saturated rings. The number of rotatable bonds is 5. The van der Waals surface area contributed by atoms with Crippen molar-refractivity contribution >= 4 is 46.6 Å². The highest BCUT2D eigenvalue weighted by molar-refractivity contribution is 7.99. The van der Waals surface area contributed by atoms with Gasteiger partial charge in [-0.15, -0.1) is 0 Å². The Hall–Kier alpha value is -1.20. The molecule has 0 aliphatic carbocycles. The van der Waals surface area contributed by atoms with E-state index in [1.165, 1.54) is 5.56 Å². The third-order valence-corrected chi connectivity index (χ3v) is 5.61. The number of nitrogens with zero attached hydrogens (tertiary/aromatic N) is 3. The number of hydrogen-bond donors (Lipinski definition) is 0. The summed E-state index contributed by atoms with van der Waals surface area (Å²) in [5.74, 6) is 0. The molecule has 0 bridgehead atoms. The van der Waals surface area contributed by atoms with Gasteiger partial charge in [-0.1, -0.05) is 46.6 Å². The van der Waals surface area contributed by atoms with Gasteiger partial charge in [-0.3, -0.25) is 4.68 Å². The maximum absolute atomic E-state index is 6.17. The van der Waals surface area contributed by atoms with Crippen molar-refractivity contribution < 1.29 is 0 Å². The highest BCUT2D eigenvalue weighted by Gasteiger charge is 2.19. The Morgan fingerprint density at radius 2 is 1.77 bits per heavy atom. The third-order valence-electron chi connectivity index (χ3n) is 3.87. The Morgan fingerprint density at radius 3 is 2.38 bits per heavy atom. The Morgan fingerprint density at radius 1 is 1.08 bits per heavy atom. The normalized spacial score (nSPS) is 11.3. The molecule has 0 saturated heterocycles. The maximum Gasteiger partial charge on any atom is 0.129 e.